The van der Waals surface area contributed by atoms with E-state index in [2.05, 4.69) is 21.3 Å². The predicted molar refractivity (Wildman–Crippen MR) is 199 cm³/mol. The van der Waals surface area contributed by atoms with Gasteiger partial charge < -0.3 is 24.9 Å². The zero-order chi connectivity index (χ0) is 36.7. The van der Waals surface area contributed by atoms with Crippen molar-refractivity contribution in [1.82, 2.24) is 19.8 Å². The van der Waals surface area contributed by atoms with Gasteiger partial charge in [-0.3, -0.25) is 9.69 Å². The van der Waals surface area contributed by atoms with Crippen LogP contribution in [0.2, 0.25) is 0 Å². The largest absolute Gasteiger partial charge is 0.513 e. The molecule has 6 aliphatic rings. The molecule has 4 aliphatic heterocycles. The number of aromatic nitrogens is 2. The van der Waals surface area contributed by atoms with Gasteiger partial charge in [0.1, 0.15) is 23.2 Å². The van der Waals surface area contributed by atoms with Crippen LogP contribution in [-0.2, 0) is 4.79 Å². The molecule has 2 saturated carbocycles. The number of carbonyl (C=O) groups is 1. The highest BCUT2D eigenvalue weighted by molar-refractivity contribution is 5.97. The fourth-order valence-electron chi connectivity index (χ4n) is 9.15. The Morgan fingerprint density at radius 3 is 2.30 bits per heavy atom. The molecular formula is C41H45F3N6O3. The van der Waals surface area contributed by atoms with Crippen molar-refractivity contribution < 1.29 is 28.2 Å². The zero-order valence-corrected chi connectivity index (χ0v) is 29.8. The van der Waals surface area contributed by atoms with Crippen LogP contribution >= 0.6 is 0 Å². The van der Waals surface area contributed by atoms with Gasteiger partial charge in [-0.1, -0.05) is 30.8 Å². The first-order chi connectivity index (χ1) is 25.4. The quantitative estimate of drug-likeness (QED) is 0.309. The summed E-state index contributed by atoms with van der Waals surface area (Å²) in [6.07, 6.45) is 4.17. The van der Waals surface area contributed by atoms with E-state index < -0.39 is 12.6 Å². The number of aromatic hydroxyl groups is 1. The van der Waals surface area contributed by atoms with Crippen LogP contribution in [0.5, 0.6) is 5.75 Å². The third-order valence-corrected chi connectivity index (χ3v) is 12.6. The molecule has 2 aromatic carbocycles. The Bertz CT molecular complexity index is 2130. The Morgan fingerprint density at radius 2 is 1.66 bits per heavy atom. The van der Waals surface area contributed by atoms with Gasteiger partial charge in [0, 0.05) is 69.0 Å². The number of allylic oxidation sites excluding steroid dienone is 2. The molecule has 3 aromatic rings. The average Bonchev–Trinajstić information content (AvgIpc) is 4.02. The first-order valence-electron chi connectivity index (χ1n) is 18.9. The highest BCUT2D eigenvalue weighted by Crippen LogP contribution is 2.54. The normalized spacial score (nSPS) is 23.6. The highest BCUT2D eigenvalue weighted by Gasteiger charge is 2.55. The lowest BCUT2D eigenvalue weighted by Gasteiger charge is -2.54. The molecule has 0 atom stereocenters. The minimum Gasteiger partial charge on any atom is -0.513 e. The van der Waals surface area contributed by atoms with E-state index in [1.165, 1.54) is 25.0 Å². The SMILES string of the molecule is C=CC(=O)N1CC2(CCN(c3nc(N4CC(N5CC6(CC6)C5)C4)nc(=C\O)/c3=C\C(=C(/CC(F)(F)F)c3cc(O)cc4ccccc34)C3CC3)CC2)C1. The summed E-state index contributed by atoms with van der Waals surface area (Å²) < 4.78 is 43.6. The van der Waals surface area contributed by atoms with Gasteiger partial charge in [-0.15, -0.1) is 0 Å². The molecule has 0 radical (unpaired) electrons. The first-order valence-corrected chi connectivity index (χ1v) is 18.9. The Hall–Kier alpha value is -4.58. The lowest BCUT2D eigenvalue weighted by molar-refractivity contribution is -0.139. The van der Waals surface area contributed by atoms with E-state index in [-0.39, 0.29) is 33.9 Å². The van der Waals surface area contributed by atoms with Crippen LogP contribution in [0.15, 0.2) is 54.6 Å². The molecule has 9 rings (SSSR count). The van der Waals surface area contributed by atoms with Gasteiger partial charge in [-0.25, -0.2) is 4.98 Å². The van der Waals surface area contributed by atoms with Gasteiger partial charge in [0.05, 0.1) is 6.42 Å². The van der Waals surface area contributed by atoms with E-state index in [4.69, 9.17) is 9.97 Å². The van der Waals surface area contributed by atoms with E-state index >= 15 is 0 Å². The number of alkyl halides is 3. The van der Waals surface area contributed by atoms with E-state index in [0.717, 1.165) is 58.1 Å². The Morgan fingerprint density at radius 1 is 0.962 bits per heavy atom. The third-order valence-electron chi connectivity index (χ3n) is 12.6. The van der Waals surface area contributed by atoms with Crippen molar-refractivity contribution in [3.63, 3.8) is 0 Å². The number of benzene rings is 2. The number of piperidine rings is 1. The van der Waals surface area contributed by atoms with Crippen LogP contribution in [0, 0.1) is 16.7 Å². The van der Waals surface area contributed by atoms with Crippen LogP contribution < -0.4 is 20.4 Å². The van der Waals surface area contributed by atoms with E-state index in [9.17, 15) is 28.2 Å². The number of fused-ring (bicyclic) bond motifs is 1. The number of amides is 1. The number of aliphatic hydroxyl groups excluding tert-OH is 1. The smallest absolute Gasteiger partial charge is 0.393 e. The van der Waals surface area contributed by atoms with Crippen LogP contribution in [-0.4, -0.2) is 100 Å². The molecular weight excluding hydrogens is 681 g/mol. The number of anilines is 2. The zero-order valence-electron chi connectivity index (χ0n) is 29.8. The summed E-state index contributed by atoms with van der Waals surface area (Å²) in [5.74, 6) is 0.816. The Kier molecular flexibility index (Phi) is 8.07. The molecule has 1 amide bonds. The van der Waals surface area contributed by atoms with Gasteiger partial charge in [0.25, 0.3) is 0 Å². The number of hydrogen-bond donors (Lipinski definition) is 2. The van der Waals surface area contributed by atoms with E-state index in [1.807, 2.05) is 4.90 Å². The van der Waals surface area contributed by atoms with Crippen LogP contribution in [0.1, 0.15) is 50.5 Å². The Balaban J connectivity index is 1.14. The molecule has 2 aliphatic carbocycles. The molecule has 9 nitrogen and oxygen atoms in total. The fraction of sp³-hybridized carbons (Fsp3) is 0.488. The van der Waals surface area contributed by atoms with Crippen LogP contribution in [0.4, 0.5) is 24.9 Å². The number of hydrogen-bond acceptors (Lipinski definition) is 8. The van der Waals surface area contributed by atoms with Crippen LogP contribution in [0.25, 0.3) is 28.7 Å². The molecule has 2 spiro atoms. The molecule has 0 bridgehead atoms. The number of likely N-dealkylation sites (tertiary alicyclic amines) is 2. The minimum absolute atomic E-state index is 0.0109. The number of phenolic OH excluding ortho intramolecular Hbond substituents is 1. The second kappa shape index (κ2) is 12.5. The Labute approximate surface area is 306 Å². The van der Waals surface area contributed by atoms with Crippen molar-refractivity contribution in [3.05, 3.63) is 70.8 Å². The summed E-state index contributed by atoms with van der Waals surface area (Å²) in [6.45, 7) is 10.1. The summed E-state index contributed by atoms with van der Waals surface area (Å²) in [6, 6.07) is 10.6. The lowest BCUT2D eigenvalue weighted by Crippen LogP contribution is -2.66. The highest BCUT2D eigenvalue weighted by atomic mass is 19.4. The monoisotopic (exact) mass is 726 g/mol. The van der Waals surface area contributed by atoms with Crippen molar-refractivity contribution in [1.29, 1.82) is 0 Å². The molecule has 5 heterocycles. The number of phenols is 1. The van der Waals surface area contributed by atoms with Gasteiger partial charge in [0.15, 0.2) is 0 Å². The van der Waals surface area contributed by atoms with Crippen molar-refractivity contribution in [2.75, 3.05) is 62.2 Å². The fourth-order valence-corrected chi connectivity index (χ4v) is 9.15. The van der Waals surface area contributed by atoms with Crippen molar-refractivity contribution in [3.8, 4) is 5.75 Å². The molecule has 278 valence electrons. The van der Waals surface area contributed by atoms with Gasteiger partial charge in [0.2, 0.25) is 11.9 Å². The number of nitrogens with zero attached hydrogens (tertiary/aromatic N) is 6. The molecule has 2 N–H and O–H groups in total. The molecule has 12 heteroatoms. The number of halogens is 3. The van der Waals surface area contributed by atoms with E-state index in [0.29, 0.717) is 76.5 Å². The summed E-state index contributed by atoms with van der Waals surface area (Å²) in [5, 5.41) is 23.5. The number of aliphatic hydroxyl groups is 1. The van der Waals surface area contributed by atoms with Crippen LogP contribution in [0.3, 0.4) is 0 Å². The molecule has 4 saturated heterocycles. The molecule has 6 fully saturated rings. The van der Waals surface area contributed by atoms with Crippen molar-refractivity contribution in [2.45, 2.75) is 57.2 Å². The maximum Gasteiger partial charge on any atom is 0.393 e. The maximum atomic E-state index is 14.5. The lowest BCUT2D eigenvalue weighted by atomic mass is 9.72. The number of carbonyl (C=O) groups excluding carboxylic acids is 1. The van der Waals surface area contributed by atoms with Gasteiger partial charge in [-0.2, -0.15) is 18.2 Å². The van der Waals surface area contributed by atoms with Crippen molar-refractivity contribution in [2.24, 2.45) is 16.7 Å². The topological polar surface area (TPSA) is 96.3 Å². The average molecular weight is 727 g/mol. The van der Waals surface area contributed by atoms with E-state index in [1.54, 1.807) is 36.4 Å². The summed E-state index contributed by atoms with van der Waals surface area (Å²) in [5.41, 5.74) is 1.56. The second-order valence-electron chi connectivity index (χ2n) is 16.5. The molecule has 1 aromatic heterocycles. The summed E-state index contributed by atoms with van der Waals surface area (Å²) >= 11 is 0. The minimum atomic E-state index is -4.51. The molecule has 0 unspecified atom stereocenters. The standard InChI is InChI=1S/C41H45F3N6O3/c1-2-36(53)50-24-40(25-50)11-13-47(14-12-40)37-33(35(21-51)45-38(46-37)48-19-28(20-48)49-22-39(23-49)9-10-39)17-31(26-7-8-26)34(18-41(42,43)44)32-16-29(52)15-27-5-3-4-6-30(27)32/h2-6,15-17,21,26,28,51-52H,1,7-14,18-20,22-25H2/b33-17+,34-31-,35-21-. The predicted octanol–water partition coefficient (Wildman–Crippen LogP) is 5.13. The summed E-state index contributed by atoms with van der Waals surface area (Å²) in [4.78, 5) is 30.9. The second-order valence-corrected chi connectivity index (χ2v) is 16.5. The maximum absolute atomic E-state index is 14.5. The number of rotatable bonds is 8. The molecule has 53 heavy (non-hydrogen) atoms. The third kappa shape index (κ3) is 6.42. The van der Waals surface area contributed by atoms with Gasteiger partial charge >= 0.3 is 6.18 Å². The first kappa shape index (κ1) is 34.2. The van der Waals surface area contributed by atoms with Crippen molar-refractivity contribution >= 4 is 46.4 Å². The van der Waals surface area contributed by atoms with Gasteiger partial charge in [-0.05, 0) is 102 Å². The summed E-state index contributed by atoms with van der Waals surface area (Å²) in [7, 11) is 0.